The molecule has 5 rings (SSSR count). The second-order valence-electron chi connectivity index (χ2n) is 8.68. The molecule has 0 unspecified atom stereocenters. The largest absolute Gasteiger partial charge is 0.377 e. The number of pyridine rings is 1. The van der Waals surface area contributed by atoms with E-state index in [1.807, 2.05) is 12.3 Å². The monoisotopic (exact) mass is 391 g/mol. The quantitative estimate of drug-likeness (QED) is 0.737. The molecule has 8 heteroatoms. The maximum absolute atomic E-state index is 10.2. The summed E-state index contributed by atoms with van der Waals surface area (Å²) in [7, 11) is 0. The summed E-state index contributed by atoms with van der Waals surface area (Å²) in [5.74, 6) is 1.64. The highest BCUT2D eigenvalue weighted by molar-refractivity contribution is 5.84. The molecule has 0 bridgehead atoms. The fourth-order valence-corrected chi connectivity index (χ4v) is 4.77. The molecule has 1 N–H and O–H groups in total. The van der Waals surface area contributed by atoms with E-state index >= 15 is 0 Å². The molecule has 1 aliphatic heterocycles. The Labute approximate surface area is 169 Å². The van der Waals surface area contributed by atoms with E-state index in [9.17, 15) is 5.26 Å². The summed E-state index contributed by atoms with van der Waals surface area (Å²) in [6.07, 6.45) is 7.44. The number of nitrogens with one attached hydrogen (secondary N) is 1. The standard InChI is InChI=1S/C21H25N7O/c1-20(2)14-29-10-9-27(20)18-11-16(21(13-22)6-3-4-7-21)15-12-24-28(19(15)25-18)17-5-8-23-26-17/h5,8,11-12H,3-4,6-7,9-10,14H2,1-2H3,(H,23,26). The zero-order valence-corrected chi connectivity index (χ0v) is 16.9. The topological polar surface area (TPSA) is 95.6 Å². The first-order valence-corrected chi connectivity index (χ1v) is 10.2. The third-order valence-corrected chi connectivity index (χ3v) is 6.35. The van der Waals surface area contributed by atoms with Crippen molar-refractivity contribution >= 4 is 16.9 Å². The van der Waals surface area contributed by atoms with Crippen LogP contribution in [0, 0.1) is 11.3 Å². The van der Waals surface area contributed by atoms with Gasteiger partial charge in [-0.2, -0.15) is 20.1 Å². The zero-order valence-electron chi connectivity index (χ0n) is 16.9. The van der Waals surface area contributed by atoms with Gasteiger partial charge in [-0.15, -0.1) is 0 Å². The summed E-state index contributed by atoms with van der Waals surface area (Å²) in [4.78, 5) is 7.32. The van der Waals surface area contributed by atoms with Crippen LogP contribution < -0.4 is 4.90 Å². The third-order valence-electron chi connectivity index (χ3n) is 6.35. The second-order valence-corrected chi connectivity index (χ2v) is 8.68. The number of aromatic nitrogens is 5. The maximum atomic E-state index is 10.2. The van der Waals surface area contributed by atoms with E-state index in [1.165, 1.54) is 0 Å². The molecule has 1 saturated carbocycles. The van der Waals surface area contributed by atoms with Gasteiger partial charge in [-0.05, 0) is 38.3 Å². The highest BCUT2D eigenvalue weighted by Gasteiger charge is 2.40. The molecule has 0 aromatic carbocycles. The van der Waals surface area contributed by atoms with Crippen LogP contribution in [0.4, 0.5) is 5.82 Å². The molecule has 8 nitrogen and oxygen atoms in total. The SMILES string of the molecule is CC1(C)COCCN1c1cc(C2(C#N)CCCC2)c2cnn(-c3ccn[nH]3)c2n1. The molecule has 4 heterocycles. The van der Waals surface area contributed by atoms with E-state index in [2.05, 4.69) is 46.2 Å². The Morgan fingerprint density at radius 1 is 1.28 bits per heavy atom. The van der Waals surface area contributed by atoms with Crippen molar-refractivity contribution in [2.24, 2.45) is 0 Å². The van der Waals surface area contributed by atoms with Gasteiger partial charge in [0.1, 0.15) is 5.82 Å². The number of nitrogens with zero attached hydrogens (tertiary/aromatic N) is 6. The Kier molecular flexibility index (Phi) is 4.10. The summed E-state index contributed by atoms with van der Waals surface area (Å²) in [6.45, 7) is 6.41. The van der Waals surface area contributed by atoms with E-state index < -0.39 is 5.41 Å². The molecule has 2 aliphatic rings. The van der Waals surface area contributed by atoms with Crippen molar-refractivity contribution in [2.75, 3.05) is 24.7 Å². The van der Waals surface area contributed by atoms with Crippen molar-refractivity contribution < 1.29 is 4.74 Å². The maximum Gasteiger partial charge on any atom is 0.167 e. The average molecular weight is 391 g/mol. The van der Waals surface area contributed by atoms with E-state index in [1.54, 1.807) is 10.9 Å². The van der Waals surface area contributed by atoms with Crippen LogP contribution in [0.15, 0.2) is 24.5 Å². The number of ether oxygens (including phenoxy) is 1. The first-order valence-electron chi connectivity index (χ1n) is 10.2. The summed E-state index contributed by atoms with van der Waals surface area (Å²) in [6, 6.07) is 6.65. The molecular weight excluding hydrogens is 366 g/mol. The smallest absolute Gasteiger partial charge is 0.167 e. The van der Waals surface area contributed by atoms with E-state index in [0.717, 1.165) is 60.5 Å². The van der Waals surface area contributed by atoms with Crippen molar-refractivity contribution in [3.8, 4) is 11.9 Å². The molecule has 3 aromatic heterocycles. The van der Waals surface area contributed by atoms with Crippen LogP contribution in [0.5, 0.6) is 0 Å². The van der Waals surface area contributed by atoms with E-state index in [-0.39, 0.29) is 5.54 Å². The van der Waals surface area contributed by atoms with Crippen molar-refractivity contribution in [2.45, 2.75) is 50.5 Å². The predicted molar refractivity (Wildman–Crippen MR) is 109 cm³/mol. The Bertz CT molecular complexity index is 1070. The first kappa shape index (κ1) is 18.1. The fraction of sp³-hybridized carbons (Fsp3) is 0.524. The van der Waals surface area contributed by atoms with Crippen molar-refractivity contribution in [1.82, 2.24) is 25.0 Å². The highest BCUT2D eigenvalue weighted by atomic mass is 16.5. The Morgan fingerprint density at radius 3 is 2.79 bits per heavy atom. The number of H-pyrrole nitrogens is 1. The van der Waals surface area contributed by atoms with Crippen molar-refractivity contribution in [3.63, 3.8) is 0 Å². The van der Waals surface area contributed by atoms with Crippen molar-refractivity contribution in [1.29, 1.82) is 5.26 Å². The predicted octanol–water partition coefficient (Wildman–Crippen LogP) is 3.09. The van der Waals surface area contributed by atoms with Crippen molar-refractivity contribution in [3.05, 3.63) is 30.1 Å². The summed E-state index contributed by atoms with van der Waals surface area (Å²) >= 11 is 0. The molecule has 29 heavy (non-hydrogen) atoms. The van der Waals surface area contributed by atoms with Crippen LogP contribution in [0.25, 0.3) is 16.9 Å². The minimum absolute atomic E-state index is 0.176. The minimum atomic E-state index is -0.478. The summed E-state index contributed by atoms with van der Waals surface area (Å²) in [5, 5.41) is 22.7. The van der Waals surface area contributed by atoms with Gasteiger partial charge in [0.05, 0.1) is 42.6 Å². The van der Waals surface area contributed by atoms with Gasteiger partial charge in [-0.25, -0.2) is 4.98 Å². The molecule has 0 radical (unpaired) electrons. The summed E-state index contributed by atoms with van der Waals surface area (Å²) in [5.41, 5.74) is 1.15. The van der Waals surface area contributed by atoms with Gasteiger partial charge in [-0.3, -0.25) is 5.10 Å². The van der Waals surface area contributed by atoms with Crippen LogP contribution >= 0.6 is 0 Å². The number of nitriles is 1. The highest BCUT2D eigenvalue weighted by Crippen LogP contribution is 2.44. The number of fused-ring (bicyclic) bond motifs is 1. The van der Waals surface area contributed by atoms with Gasteiger partial charge in [0.25, 0.3) is 0 Å². The lowest BCUT2D eigenvalue weighted by atomic mass is 9.79. The third kappa shape index (κ3) is 2.80. The lowest BCUT2D eigenvalue weighted by molar-refractivity contribution is 0.0639. The van der Waals surface area contributed by atoms with Gasteiger partial charge in [-0.1, -0.05) is 12.8 Å². The lowest BCUT2D eigenvalue weighted by Crippen LogP contribution is -2.53. The lowest BCUT2D eigenvalue weighted by Gasteiger charge is -2.43. The van der Waals surface area contributed by atoms with Crippen LogP contribution in [0.2, 0.25) is 0 Å². The average Bonchev–Trinajstić information content (AvgIpc) is 3.46. The van der Waals surface area contributed by atoms with E-state index in [0.29, 0.717) is 13.2 Å². The fourth-order valence-electron chi connectivity index (χ4n) is 4.77. The van der Waals surface area contributed by atoms with Crippen LogP contribution in [0.1, 0.15) is 45.1 Å². The van der Waals surface area contributed by atoms with Crippen LogP contribution in [-0.4, -0.2) is 50.3 Å². The Morgan fingerprint density at radius 2 is 2.10 bits per heavy atom. The number of morpholine rings is 1. The molecular formula is C21H25N7O. The molecule has 1 aliphatic carbocycles. The van der Waals surface area contributed by atoms with Gasteiger partial charge >= 0.3 is 0 Å². The zero-order chi connectivity index (χ0) is 20.1. The van der Waals surface area contributed by atoms with Gasteiger partial charge < -0.3 is 9.64 Å². The Hall–Kier alpha value is -2.92. The van der Waals surface area contributed by atoms with Crippen LogP contribution in [-0.2, 0) is 10.2 Å². The molecule has 2 fully saturated rings. The first-order chi connectivity index (χ1) is 14.0. The molecule has 1 saturated heterocycles. The van der Waals surface area contributed by atoms with Crippen LogP contribution in [0.3, 0.4) is 0 Å². The molecule has 0 amide bonds. The summed E-state index contributed by atoms with van der Waals surface area (Å²) < 4.78 is 7.49. The number of anilines is 1. The number of rotatable bonds is 3. The molecule has 0 atom stereocenters. The van der Waals surface area contributed by atoms with Gasteiger partial charge in [0.15, 0.2) is 11.5 Å². The number of hydrogen-bond acceptors (Lipinski definition) is 6. The minimum Gasteiger partial charge on any atom is -0.377 e. The molecule has 150 valence electrons. The van der Waals surface area contributed by atoms with Gasteiger partial charge in [0.2, 0.25) is 0 Å². The number of aromatic amines is 1. The van der Waals surface area contributed by atoms with E-state index in [4.69, 9.17) is 9.72 Å². The Balaban J connectivity index is 1.76. The van der Waals surface area contributed by atoms with Gasteiger partial charge in [0, 0.05) is 18.0 Å². The molecule has 0 spiro atoms. The number of hydrogen-bond donors (Lipinski definition) is 1. The molecule has 3 aromatic rings. The normalized spacial score (nSPS) is 20.8. The second kappa shape index (κ2) is 6.56.